The fourth-order valence-corrected chi connectivity index (χ4v) is 4.27. The van der Waals surface area contributed by atoms with E-state index in [-0.39, 0.29) is 5.92 Å². The Hall–Kier alpha value is -1.51. The molecule has 2 saturated heterocycles. The van der Waals surface area contributed by atoms with Gasteiger partial charge in [-0.25, -0.2) is 4.79 Å². The molecule has 1 atom stereocenters. The molecule has 0 aromatic heterocycles. The van der Waals surface area contributed by atoms with Crippen molar-refractivity contribution in [2.45, 2.75) is 64.5 Å². The van der Waals surface area contributed by atoms with Gasteiger partial charge in [-0.2, -0.15) is 5.06 Å². The van der Waals surface area contributed by atoms with Gasteiger partial charge in [0, 0.05) is 19.6 Å². The number of piperidine rings is 2. The van der Waals surface area contributed by atoms with E-state index in [1.54, 1.807) is 20.8 Å². The van der Waals surface area contributed by atoms with Crippen LogP contribution >= 0.6 is 0 Å². The maximum absolute atomic E-state index is 12.2. The van der Waals surface area contributed by atoms with Crippen molar-refractivity contribution in [2.75, 3.05) is 26.2 Å². The molecule has 1 aliphatic carbocycles. The van der Waals surface area contributed by atoms with E-state index in [1.165, 1.54) is 5.06 Å². The Morgan fingerprint density at radius 3 is 2.19 bits per heavy atom. The molecule has 0 bridgehead atoms. The molecule has 27 heavy (non-hydrogen) atoms. The minimum atomic E-state index is -1.28. The van der Waals surface area contributed by atoms with Crippen LogP contribution in [0.15, 0.2) is 0 Å². The number of ketones is 2. The SMILES string of the molecule is CCON1CCC(C2CCN(OC(=O)OC(C)(C)C)C3(C2)C(=O)C3=O)CC1. The third-order valence-corrected chi connectivity index (χ3v) is 5.63. The highest BCUT2D eigenvalue weighted by Crippen LogP contribution is 2.47. The van der Waals surface area contributed by atoms with Crippen molar-refractivity contribution in [3.05, 3.63) is 0 Å². The zero-order valence-corrected chi connectivity index (χ0v) is 16.7. The quantitative estimate of drug-likeness (QED) is 0.415. The van der Waals surface area contributed by atoms with E-state index >= 15 is 0 Å². The van der Waals surface area contributed by atoms with Gasteiger partial charge >= 0.3 is 6.16 Å². The number of hydroxylamine groups is 4. The highest BCUT2D eigenvalue weighted by Gasteiger charge is 2.72. The van der Waals surface area contributed by atoms with Gasteiger partial charge in [-0.1, -0.05) is 0 Å². The van der Waals surface area contributed by atoms with Crippen molar-refractivity contribution in [1.82, 2.24) is 10.1 Å². The second-order valence-electron chi connectivity index (χ2n) is 8.61. The number of hydrogen-bond acceptors (Lipinski definition) is 8. The minimum absolute atomic E-state index is 0.266. The van der Waals surface area contributed by atoms with Crippen LogP contribution in [0.2, 0.25) is 0 Å². The predicted molar refractivity (Wildman–Crippen MR) is 95.4 cm³/mol. The molecule has 152 valence electrons. The molecule has 2 heterocycles. The molecule has 8 nitrogen and oxygen atoms in total. The number of hydrogen-bond donors (Lipinski definition) is 0. The fraction of sp³-hybridized carbons (Fsp3) is 0.842. The first kappa shape index (κ1) is 20.2. The third-order valence-electron chi connectivity index (χ3n) is 5.63. The molecule has 0 aromatic carbocycles. The van der Waals surface area contributed by atoms with E-state index in [1.807, 2.05) is 12.0 Å². The van der Waals surface area contributed by atoms with E-state index in [0.29, 0.717) is 25.5 Å². The number of rotatable bonds is 4. The summed E-state index contributed by atoms with van der Waals surface area (Å²) in [6.07, 6.45) is 2.29. The molecule has 0 amide bonds. The molecule has 0 N–H and O–H groups in total. The molecule has 2 aliphatic heterocycles. The Morgan fingerprint density at radius 2 is 1.67 bits per heavy atom. The second kappa shape index (κ2) is 7.48. The fourth-order valence-electron chi connectivity index (χ4n) is 4.27. The first-order chi connectivity index (χ1) is 12.7. The lowest BCUT2D eigenvalue weighted by Crippen LogP contribution is -2.50. The summed E-state index contributed by atoms with van der Waals surface area (Å²) >= 11 is 0. The monoisotopic (exact) mass is 382 g/mol. The summed E-state index contributed by atoms with van der Waals surface area (Å²) in [5, 5.41) is 3.25. The molecule has 3 rings (SSSR count). The number of Topliss-reactive ketones (excluding diaryl/α,β-unsaturated/α-hetero) is 2. The lowest BCUT2D eigenvalue weighted by Gasteiger charge is -2.41. The van der Waals surface area contributed by atoms with Crippen LogP contribution in [0.3, 0.4) is 0 Å². The lowest BCUT2D eigenvalue weighted by atomic mass is 9.76. The first-order valence-corrected chi connectivity index (χ1v) is 9.83. The standard InChI is InChI=1S/C19H30N2O6/c1-5-25-20-9-6-13(7-10-20)14-8-11-21(19(12-14)15(22)16(19)23)27-17(24)26-18(2,3)4/h13-14H,5-12H2,1-4H3. The summed E-state index contributed by atoms with van der Waals surface area (Å²) in [5.74, 6) is -0.198. The number of carbonyl (C=O) groups excluding carboxylic acids is 3. The number of nitrogens with zero attached hydrogens (tertiary/aromatic N) is 2. The number of carbonyl (C=O) groups is 3. The molecular formula is C19H30N2O6. The van der Waals surface area contributed by atoms with Gasteiger partial charge in [-0.15, -0.1) is 5.06 Å². The zero-order chi connectivity index (χ0) is 19.8. The maximum atomic E-state index is 12.2. The molecule has 3 fully saturated rings. The maximum Gasteiger partial charge on any atom is 0.528 e. The van der Waals surface area contributed by atoms with Gasteiger partial charge in [0.25, 0.3) is 0 Å². The molecule has 0 radical (unpaired) electrons. The highest BCUT2D eigenvalue weighted by molar-refractivity contribution is 6.66. The van der Waals surface area contributed by atoms with Crippen LogP contribution in [-0.4, -0.2) is 65.2 Å². The van der Waals surface area contributed by atoms with Crippen LogP contribution < -0.4 is 0 Å². The number of ether oxygens (including phenoxy) is 1. The molecule has 3 aliphatic rings. The van der Waals surface area contributed by atoms with Gasteiger partial charge in [0.05, 0.1) is 6.61 Å². The molecular weight excluding hydrogens is 352 g/mol. The topological polar surface area (TPSA) is 85.4 Å². The van der Waals surface area contributed by atoms with Crippen LogP contribution in [0.4, 0.5) is 4.79 Å². The van der Waals surface area contributed by atoms with Crippen molar-refractivity contribution in [1.29, 1.82) is 0 Å². The summed E-state index contributed by atoms with van der Waals surface area (Å²) < 4.78 is 5.17. The highest BCUT2D eigenvalue weighted by atomic mass is 16.8. The van der Waals surface area contributed by atoms with Crippen molar-refractivity contribution in [2.24, 2.45) is 11.8 Å². The van der Waals surface area contributed by atoms with E-state index in [0.717, 1.165) is 32.4 Å². The molecule has 1 unspecified atom stereocenters. The van der Waals surface area contributed by atoms with Crippen LogP contribution in [0, 0.1) is 11.8 Å². The Bertz CT molecular complexity index is 592. The molecule has 8 heteroatoms. The summed E-state index contributed by atoms with van der Waals surface area (Å²) in [6, 6.07) is 0. The Labute approximate surface area is 160 Å². The normalized spacial score (nSPS) is 27.0. The summed E-state index contributed by atoms with van der Waals surface area (Å²) in [6.45, 7) is 9.93. The summed E-state index contributed by atoms with van der Waals surface area (Å²) in [5.41, 5.74) is -1.98. The van der Waals surface area contributed by atoms with Crippen LogP contribution in [0.5, 0.6) is 0 Å². The minimum Gasteiger partial charge on any atom is -0.427 e. The Balaban J connectivity index is 1.61. The first-order valence-electron chi connectivity index (χ1n) is 9.83. The second-order valence-corrected chi connectivity index (χ2v) is 8.61. The van der Waals surface area contributed by atoms with E-state index in [2.05, 4.69) is 0 Å². The van der Waals surface area contributed by atoms with Gasteiger partial charge in [0.2, 0.25) is 11.6 Å². The molecule has 0 aromatic rings. The van der Waals surface area contributed by atoms with Crippen LogP contribution in [0.25, 0.3) is 0 Å². The van der Waals surface area contributed by atoms with Crippen molar-refractivity contribution >= 4 is 17.7 Å². The molecule has 1 spiro atoms. The van der Waals surface area contributed by atoms with Crippen LogP contribution in [-0.2, 0) is 24.0 Å². The molecule has 1 saturated carbocycles. The summed E-state index contributed by atoms with van der Waals surface area (Å²) in [7, 11) is 0. The average molecular weight is 382 g/mol. The predicted octanol–water partition coefficient (Wildman–Crippen LogP) is 2.12. The van der Waals surface area contributed by atoms with Crippen LogP contribution in [0.1, 0.15) is 53.4 Å². The largest absolute Gasteiger partial charge is 0.528 e. The Morgan fingerprint density at radius 1 is 1.07 bits per heavy atom. The van der Waals surface area contributed by atoms with Crippen molar-refractivity contribution < 1.29 is 28.8 Å². The van der Waals surface area contributed by atoms with Gasteiger partial charge in [0.1, 0.15) is 5.60 Å². The van der Waals surface area contributed by atoms with Gasteiger partial charge in [0.15, 0.2) is 5.54 Å². The Kier molecular flexibility index (Phi) is 5.61. The van der Waals surface area contributed by atoms with Gasteiger partial charge < -0.3 is 9.57 Å². The third kappa shape index (κ3) is 4.17. The summed E-state index contributed by atoms with van der Waals surface area (Å²) in [4.78, 5) is 47.2. The van der Waals surface area contributed by atoms with Gasteiger partial charge in [-0.05, 0) is 65.2 Å². The zero-order valence-electron chi connectivity index (χ0n) is 16.7. The smallest absolute Gasteiger partial charge is 0.427 e. The van der Waals surface area contributed by atoms with E-state index in [4.69, 9.17) is 14.4 Å². The van der Waals surface area contributed by atoms with E-state index in [9.17, 15) is 14.4 Å². The lowest BCUT2D eigenvalue weighted by molar-refractivity contribution is -0.199. The van der Waals surface area contributed by atoms with E-state index < -0.39 is 28.9 Å². The van der Waals surface area contributed by atoms with Crippen molar-refractivity contribution in [3.63, 3.8) is 0 Å². The average Bonchev–Trinajstić information content (AvgIpc) is 3.09. The van der Waals surface area contributed by atoms with Crippen molar-refractivity contribution in [3.8, 4) is 0 Å². The van der Waals surface area contributed by atoms with Gasteiger partial charge in [-0.3, -0.25) is 14.4 Å².